The van der Waals surface area contributed by atoms with Gasteiger partial charge < -0.3 is 9.80 Å². The molecule has 1 saturated heterocycles. The highest BCUT2D eigenvalue weighted by atomic mass is 35.5. The molecule has 0 aromatic heterocycles. The summed E-state index contributed by atoms with van der Waals surface area (Å²) in [5.74, 6) is -0.287. The van der Waals surface area contributed by atoms with Crippen LogP contribution in [0.1, 0.15) is 12.0 Å². The third-order valence-electron chi connectivity index (χ3n) is 3.60. The minimum Gasteiger partial charge on any atom is -0.368 e. The first-order valence-electron chi connectivity index (χ1n) is 6.82. The maximum atomic E-state index is 14.0. The Morgan fingerprint density at radius 2 is 1.86 bits per heavy atom. The molecule has 0 saturated carbocycles. The van der Waals surface area contributed by atoms with Gasteiger partial charge in [0.25, 0.3) is 0 Å². The van der Waals surface area contributed by atoms with Crippen LogP contribution in [0.3, 0.4) is 0 Å². The summed E-state index contributed by atoms with van der Waals surface area (Å²) in [6.07, 6.45) is -3.69. The van der Waals surface area contributed by atoms with Gasteiger partial charge in [0.05, 0.1) is 11.3 Å². The van der Waals surface area contributed by atoms with Gasteiger partial charge in [-0.15, -0.1) is 11.6 Å². The van der Waals surface area contributed by atoms with Gasteiger partial charge in [-0.2, -0.15) is 13.2 Å². The molecule has 21 heavy (non-hydrogen) atoms. The minimum absolute atomic E-state index is 0.232. The number of hydrogen-bond donors (Lipinski definition) is 0. The van der Waals surface area contributed by atoms with Gasteiger partial charge in [0.2, 0.25) is 0 Å². The summed E-state index contributed by atoms with van der Waals surface area (Å²) in [4.78, 5) is 3.97. The molecule has 1 heterocycles. The largest absolute Gasteiger partial charge is 0.416 e. The van der Waals surface area contributed by atoms with Crippen LogP contribution in [0.5, 0.6) is 0 Å². The molecule has 1 aliphatic rings. The summed E-state index contributed by atoms with van der Waals surface area (Å²) in [6.45, 7) is 3.57. The van der Waals surface area contributed by atoms with Gasteiger partial charge >= 0.3 is 6.18 Å². The van der Waals surface area contributed by atoms with Crippen LogP contribution >= 0.6 is 11.6 Å². The van der Waals surface area contributed by atoms with Crippen LogP contribution in [0.2, 0.25) is 0 Å². The fourth-order valence-electron chi connectivity index (χ4n) is 2.49. The van der Waals surface area contributed by atoms with Crippen LogP contribution in [-0.2, 0) is 6.18 Å². The summed E-state index contributed by atoms with van der Waals surface area (Å²) in [6, 6.07) is 2.71. The lowest BCUT2D eigenvalue weighted by atomic mass is 10.1. The SMILES string of the molecule is Fc1cc(C(F)(F)F)ccc1N1CCCN(CCCl)CC1. The van der Waals surface area contributed by atoms with Gasteiger partial charge in [-0.25, -0.2) is 4.39 Å². The van der Waals surface area contributed by atoms with E-state index in [4.69, 9.17) is 11.6 Å². The van der Waals surface area contributed by atoms with E-state index in [1.165, 1.54) is 6.07 Å². The summed E-state index contributed by atoms with van der Waals surface area (Å²) >= 11 is 5.71. The standard InChI is InChI=1S/C14H17ClF4N2/c15-4-7-20-5-1-6-21(9-8-20)13-3-2-11(10-12(13)16)14(17,18)19/h2-3,10H,1,4-9H2. The van der Waals surface area contributed by atoms with Gasteiger partial charge in [0.15, 0.2) is 0 Å². The number of nitrogens with zero attached hydrogens (tertiary/aromatic N) is 2. The van der Waals surface area contributed by atoms with Crippen LogP contribution in [-0.4, -0.2) is 43.5 Å². The number of alkyl halides is 4. The molecule has 0 N–H and O–H groups in total. The lowest BCUT2D eigenvalue weighted by Crippen LogP contribution is -2.32. The summed E-state index contributed by atoms with van der Waals surface area (Å²) in [5, 5.41) is 0. The maximum absolute atomic E-state index is 14.0. The van der Waals surface area contributed by atoms with Gasteiger partial charge in [0.1, 0.15) is 5.82 Å². The Kier molecular flexibility index (Phi) is 5.32. The summed E-state index contributed by atoms with van der Waals surface area (Å²) in [5.41, 5.74) is -0.724. The Hall–Kier alpha value is -1.01. The average molecular weight is 325 g/mol. The highest BCUT2D eigenvalue weighted by Gasteiger charge is 2.31. The quantitative estimate of drug-likeness (QED) is 0.619. The van der Waals surface area contributed by atoms with E-state index >= 15 is 0 Å². The predicted octanol–water partition coefficient (Wildman–Crippen LogP) is 3.60. The molecule has 7 heteroatoms. The summed E-state index contributed by atoms with van der Waals surface area (Å²) < 4.78 is 51.6. The first-order chi connectivity index (χ1) is 9.91. The molecule has 1 aromatic carbocycles. The van der Waals surface area contributed by atoms with E-state index in [1.807, 2.05) is 0 Å². The number of hydrogen-bond acceptors (Lipinski definition) is 2. The molecule has 1 aromatic rings. The third-order valence-corrected chi connectivity index (χ3v) is 3.77. The molecular formula is C14H17ClF4N2. The Bertz CT molecular complexity index is 479. The highest BCUT2D eigenvalue weighted by Crippen LogP contribution is 2.32. The van der Waals surface area contributed by atoms with Crippen molar-refractivity contribution >= 4 is 17.3 Å². The van der Waals surface area contributed by atoms with Crippen molar-refractivity contribution in [1.82, 2.24) is 4.90 Å². The molecule has 2 rings (SSSR count). The van der Waals surface area contributed by atoms with Gasteiger partial charge in [-0.1, -0.05) is 0 Å². The number of halogens is 5. The molecule has 0 aliphatic carbocycles. The zero-order valence-electron chi connectivity index (χ0n) is 11.5. The molecule has 1 fully saturated rings. The first kappa shape index (κ1) is 16.4. The second-order valence-corrected chi connectivity index (χ2v) is 5.41. The van der Waals surface area contributed by atoms with E-state index in [-0.39, 0.29) is 5.69 Å². The second-order valence-electron chi connectivity index (χ2n) is 5.04. The zero-order chi connectivity index (χ0) is 15.5. The van der Waals surface area contributed by atoms with Crippen LogP contribution in [0.25, 0.3) is 0 Å². The molecule has 2 nitrogen and oxygen atoms in total. The fraction of sp³-hybridized carbons (Fsp3) is 0.571. The number of benzene rings is 1. The molecule has 0 bridgehead atoms. The first-order valence-corrected chi connectivity index (χ1v) is 7.35. The normalized spacial score (nSPS) is 17.9. The van der Waals surface area contributed by atoms with E-state index in [9.17, 15) is 17.6 Å². The van der Waals surface area contributed by atoms with Crippen molar-refractivity contribution in [3.05, 3.63) is 29.6 Å². The third kappa shape index (κ3) is 4.23. The Morgan fingerprint density at radius 1 is 1.10 bits per heavy atom. The van der Waals surface area contributed by atoms with E-state index < -0.39 is 17.6 Å². The molecule has 1 aliphatic heterocycles. The van der Waals surface area contributed by atoms with Crippen molar-refractivity contribution in [1.29, 1.82) is 0 Å². The Morgan fingerprint density at radius 3 is 2.48 bits per heavy atom. The van der Waals surface area contributed by atoms with Gasteiger partial charge in [-0.3, -0.25) is 0 Å². The molecule has 0 unspecified atom stereocenters. The molecule has 118 valence electrons. The molecular weight excluding hydrogens is 308 g/mol. The molecule has 0 atom stereocenters. The topological polar surface area (TPSA) is 6.48 Å². The molecule has 0 amide bonds. The zero-order valence-corrected chi connectivity index (χ0v) is 12.2. The number of anilines is 1. The lowest BCUT2D eigenvalue weighted by Gasteiger charge is -2.24. The van der Waals surface area contributed by atoms with E-state index in [0.717, 1.165) is 32.1 Å². The van der Waals surface area contributed by atoms with Crippen molar-refractivity contribution in [2.24, 2.45) is 0 Å². The minimum atomic E-state index is -4.52. The Balaban J connectivity index is 2.11. The van der Waals surface area contributed by atoms with Gasteiger partial charge in [-0.05, 0) is 31.2 Å². The van der Waals surface area contributed by atoms with Gasteiger partial charge in [0, 0.05) is 32.1 Å². The second kappa shape index (κ2) is 6.83. The van der Waals surface area contributed by atoms with Crippen molar-refractivity contribution in [2.45, 2.75) is 12.6 Å². The predicted molar refractivity (Wildman–Crippen MR) is 75.4 cm³/mol. The van der Waals surface area contributed by atoms with Crippen molar-refractivity contribution in [3.63, 3.8) is 0 Å². The average Bonchev–Trinajstić information content (AvgIpc) is 2.64. The molecule has 0 spiro atoms. The van der Waals surface area contributed by atoms with Crippen LogP contribution in [0.4, 0.5) is 23.2 Å². The van der Waals surface area contributed by atoms with E-state index in [0.29, 0.717) is 25.0 Å². The monoisotopic (exact) mass is 324 g/mol. The van der Waals surface area contributed by atoms with Crippen LogP contribution in [0, 0.1) is 5.82 Å². The molecule has 0 radical (unpaired) electrons. The van der Waals surface area contributed by atoms with Crippen molar-refractivity contribution in [3.8, 4) is 0 Å². The van der Waals surface area contributed by atoms with E-state index in [1.54, 1.807) is 4.90 Å². The highest BCUT2D eigenvalue weighted by molar-refractivity contribution is 6.18. The van der Waals surface area contributed by atoms with Crippen LogP contribution < -0.4 is 4.90 Å². The number of rotatable bonds is 3. The lowest BCUT2D eigenvalue weighted by molar-refractivity contribution is -0.137. The van der Waals surface area contributed by atoms with Crippen LogP contribution in [0.15, 0.2) is 18.2 Å². The maximum Gasteiger partial charge on any atom is 0.416 e. The van der Waals surface area contributed by atoms with Crippen molar-refractivity contribution in [2.75, 3.05) is 43.5 Å². The fourth-order valence-corrected chi connectivity index (χ4v) is 2.73. The van der Waals surface area contributed by atoms with Crippen molar-refractivity contribution < 1.29 is 17.6 Å². The summed E-state index contributed by atoms with van der Waals surface area (Å²) in [7, 11) is 0. The Labute approximate surface area is 126 Å². The smallest absolute Gasteiger partial charge is 0.368 e. The van der Waals surface area contributed by atoms with E-state index in [2.05, 4.69) is 4.90 Å².